The summed E-state index contributed by atoms with van der Waals surface area (Å²) in [6.07, 6.45) is -5.45. The van der Waals surface area contributed by atoms with Crippen molar-refractivity contribution in [3.05, 3.63) is 35.9 Å². The zero-order valence-corrected chi connectivity index (χ0v) is 26.9. The molecule has 0 unspecified atom stereocenters. The van der Waals surface area contributed by atoms with Crippen molar-refractivity contribution in [2.45, 2.75) is 133 Å². The van der Waals surface area contributed by atoms with Crippen LogP contribution in [-0.4, -0.2) is 111 Å². The Labute approximate surface area is 259 Å². The fourth-order valence-corrected chi connectivity index (χ4v) is 7.05. The molecule has 4 saturated heterocycles. The summed E-state index contributed by atoms with van der Waals surface area (Å²) in [5.74, 6) is -2.83. The minimum atomic E-state index is -0.963. The number of aliphatic hydroxyl groups excluding tert-OH is 1. The molecule has 0 radical (unpaired) electrons. The summed E-state index contributed by atoms with van der Waals surface area (Å²) >= 11 is 0. The van der Waals surface area contributed by atoms with E-state index in [-0.39, 0.29) is 19.1 Å². The fraction of sp³-hybridized carbons (Fsp3) is 0.812. The van der Waals surface area contributed by atoms with E-state index in [4.69, 9.17) is 52.1 Å². The van der Waals surface area contributed by atoms with Crippen LogP contribution in [0.3, 0.4) is 0 Å². The first-order valence-electron chi connectivity index (χ1n) is 15.5. The lowest BCUT2D eigenvalue weighted by Crippen LogP contribution is -2.62. The van der Waals surface area contributed by atoms with E-state index in [9.17, 15) is 5.11 Å². The van der Waals surface area contributed by atoms with Gasteiger partial charge < -0.3 is 57.2 Å². The van der Waals surface area contributed by atoms with Crippen LogP contribution in [0.25, 0.3) is 0 Å². The minimum Gasteiger partial charge on any atom is -0.396 e. The Balaban J connectivity index is 1.36. The van der Waals surface area contributed by atoms with E-state index < -0.39 is 78.3 Å². The van der Waals surface area contributed by atoms with Crippen molar-refractivity contribution in [1.82, 2.24) is 0 Å². The first kappa shape index (κ1) is 32.7. The highest BCUT2D eigenvalue weighted by Crippen LogP contribution is 2.59. The summed E-state index contributed by atoms with van der Waals surface area (Å²) in [7, 11) is 3.11. The molecular formula is C32H48O12. The Morgan fingerprint density at radius 1 is 0.841 bits per heavy atom. The number of aliphatic hydroxyl groups is 1. The quantitative estimate of drug-likeness (QED) is 0.365. The van der Waals surface area contributed by atoms with Crippen molar-refractivity contribution >= 4 is 0 Å². The molecule has 5 aliphatic rings. The molecule has 4 aliphatic heterocycles. The van der Waals surface area contributed by atoms with Crippen molar-refractivity contribution in [1.29, 1.82) is 0 Å². The summed E-state index contributed by atoms with van der Waals surface area (Å²) < 4.78 is 69.7. The molecular weight excluding hydrogens is 576 g/mol. The van der Waals surface area contributed by atoms with E-state index in [1.807, 2.05) is 71.9 Å². The Bertz CT molecular complexity index is 1130. The molecule has 1 aromatic rings. The molecule has 4 heterocycles. The predicted molar refractivity (Wildman–Crippen MR) is 153 cm³/mol. The SMILES string of the molecule is COC(OC)[C@@H]1OC(C)(C)O[C@H]1[C@H](O[C@@H]1O[C@@]2(C[C@H]2CO)[C@@H]2OC(C)(C)O[C@@H]2[C@H]1OCc1ccccc1)[C@H]1COC(C)(C)O1. The number of hydrogen-bond acceptors (Lipinski definition) is 12. The van der Waals surface area contributed by atoms with Crippen LogP contribution >= 0.6 is 0 Å². The molecule has 5 fully saturated rings. The van der Waals surface area contributed by atoms with Crippen molar-refractivity contribution in [2.24, 2.45) is 5.92 Å². The van der Waals surface area contributed by atoms with Gasteiger partial charge >= 0.3 is 0 Å². The smallest absolute Gasteiger partial charge is 0.187 e. The van der Waals surface area contributed by atoms with E-state index in [0.717, 1.165) is 5.56 Å². The zero-order chi connectivity index (χ0) is 31.5. The molecule has 1 aliphatic carbocycles. The van der Waals surface area contributed by atoms with Gasteiger partial charge in [-0.25, -0.2) is 0 Å². The van der Waals surface area contributed by atoms with Crippen LogP contribution in [0.5, 0.6) is 0 Å². The summed E-state index contributed by atoms with van der Waals surface area (Å²) in [4.78, 5) is 0. The van der Waals surface area contributed by atoms with Gasteiger partial charge in [0, 0.05) is 26.7 Å². The first-order chi connectivity index (χ1) is 20.8. The molecule has 44 heavy (non-hydrogen) atoms. The van der Waals surface area contributed by atoms with Gasteiger partial charge in [0.15, 0.2) is 29.9 Å². The normalized spacial score (nSPS) is 40.9. The molecule has 1 spiro atoms. The summed E-state index contributed by atoms with van der Waals surface area (Å²) in [6.45, 7) is 11.6. The van der Waals surface area contributed by atoms with Gasteiger partial charge in [-0.05, 0) is 53.5 Å². The van der Waals surface area contributed by atoms with Crippen LogP contribution in [0.1, 0.15) is 53.5 Å². The standard InChI is InChI=1S/C32H48O12/c1-29(2)37-17-20(39-29)21(22-25(27(34-7)35-8)42-30(3,4)40-22)38-28-24(36-16-18-12-10-9-11-13-18)23-26(43-31(5,6)41-23)32(44-28)14-19(32)15-33/h9-13,19-28,33H,14-17H2,1-8H3/t19-,20+,21+,22-,23+,24+,25+,26+,28+,32+/m0/s1. The van der Waals surface area contributed by atoms with Gasteiger partial charge in [0.25, 0.3) is 0 Å². The minimum absolute atomic E-state index is 0.0499. The second-order valence-electron chi connectivity index (χ2n) is 13.7. The van der Waals surface area contributed by atoms with Crippen LogP contribution in [0.4, 0.5) is 0 Å². The van der Waals surface area contributed by atoms with Crippen LogP contribution in [0.15, 0.2) is 30.3 Å². The van der Waals surface area contributed by atoms with Gasteiger partial charge in [0.05, 0.1) is 13.2 Å². The van der Waals surface area contributed by atoms with E-state index in [1.165, 1.54) is 0 Å². The topological polar surface area (TPSA) is 122 Å². The van der Waals surface area contributed by atoms with Crippen molar-refractivity contribution < 1.29 is 57.2 Å². The fourth-order valence-electron chi connectivity index (χ4n) is 7.05. The lowest BCUT2D eigenvalue weighted by atomic mass is 9.94. The molecule has 12 nitrogen and oxygen atoms in total. The highest BCUT2D eigenvalue weighted by Gasteiger charge is 2.72. The van der Waals surface area contributed by atoms with Gasteiger partial charge in [0.2, 0.25) is 0 Å². The van der Waals surface area contributed by atoms with E-state index in [1.54, 1.807) is 14.2 Å². The number of ether oxygens (including phenoxy) is 11. The van der Waals surface area contributed by atoms with Gasteiger partial charge in [-0.2, -0.15) is 0 Å². The third-order valence-corrected chi connectivity index (χ3v) is 9.05. The third-order valence-electron chi connectivity index (χ3n) is 9.05. The number of hydrogen-bond donors (Lipinski definition) is 1. The lowest BCUT2D eigenvalue weighted by Gasteiger charge is -2.45. The molecule has 0 bridgehead atoms. The van der Waals surface area contributed by atoms with Crippen LogP contribution in [0, 0.1) is 5.92 Å². The van der Waals surface area contributed by atoms with Crippen molar-refractivity contribution in [3.8, 4) is 0 Å². The van der Waals surface area contributed by atoms with E-state index >= 15 is 0 Å². The predicted octanol–water partition coefficient (Wildman–Crippen LogP) is 2.87. The van der Waals surface area contributed by atoms with Gasteiger partial charge in [-0.15, -0.1) is 0 Å². The van der Waals surface area contributed by atoms with Gasteiger partial charge in [0.1, 0.15) is 48.3 Å². The Hall–Kier alpha value is -1.26. The first-order valence-corrected chi connectivity index (χ1v) is 15.5. The summed E-state index contributed by atoms with van der Waals surface area (Å²) in [6, 6.07) is 9.89. The second-order valence-corrected chi connectivity index (χ2v) is 13.7. The monoisotopic (exact) mass is 624 g/mol. The maximum absolute atomic E-state index is 10.2. The number of rotatable bonds is 11. The Kier molecular flexibility index (Phi) is 8.97. The Morgan fingerprint density at radius 3 is 2.14 bits per heavy atom. The largest absolute Gasteiger partial charge is 0.396 e. The average molecular weight is 625 g/mol. The van der Waals surface area contributed by atoms with E-state index in [2.05, 4.69) is 0 Å². The third kappa shape index (κ3) is 6.34. The van der Waals surface area contributed by atoms with Crippen LogP contribution in [-0.2, 0) is 58.7 Å². The zero-order valence-electron chi connectivity index (χ0n) is 26.9. The molecule has 0 amide bonds. The van der Waals surface area contributed by atoms with E-state index in [0.29, 0.717) is 13.0 Å². The van der Waals surface area contributed by atoms with Crippen molar-refractivity contribution in [3.63, 3.8) is 0 Å². The van der Waals surface area contributed by atoms with Crippen molar-refractivity contribution in [2.75, 3.05) is 27.4 Å². The molecule has 1 N–H and O–H groups in total. The van der Waals surface area contributed by atoms with Crippen LogP contribution < -0.4 is 0 Å². The molecule has 6 rings (SSSR count). The summed E-state index contributed by atoms with van der Waals surface area (Å²) in [5.41, 5.74) is 0.193. The van der Waals surface area contributed by atoms with Gasteiger partial charge in [-0.1, -0.05) is 30.3 Å². The Morgan fingerprint density at radius 2 is 1.52 bits per heavy atom. The molecule has 1 saturated carbocycles. The molecule has 12 heteroatoms. The molecule has 248 valence electrons. The lowest BCUT2D eigenvalue weighted by molar-refractivity contribution is -0.330. The highest BCUT2D eigenvalue weighted by atomic mass is 16.8. The summed E-state index contributed by atoms with van der Waals surface area (Å²) in [5, 5.41) is 10.2. The average Bonchev–Trinajstić information content (AvgIpc) is 3.15. The second kappa shape index (κ2) is 12.1. The number of methoxy groups -OCH3 is 2. The maximum atomic E-state index is 10.2. The van der Waals surface area contributed by atoms with Crippen LogP contribution in [0.2, 0.25) is 0 Å². The number of benzene rings is 1. The molecule has 10 atom stereocenters. The highest BCUT2D eigenvalue weighted by molar-refractivity contribution is 5.19. The maximum Gasteiger partial charge on any atom is 0.187 e. The molecule has 1 aromatic carbocycles. The van der Waals surface area contributed by atoms with Gasteiger partial charge in [-0.3, -0.25) is 0 Å². The number of fused-ring (bicyclic) bond motifs is 2. The molecule has 0 aromatic heterocycles.